The fourth-order valence-electron chi connectivity index (χ4n) is 1.81. The van der Waals surface area contributed by atoms with Crippen molar-refractivity contribution in [3.63, 3.8) is 0 Å². The van der Waals surface area contributed by atoms with Gasteiger partial charge in [-0.15, -0.1) is 11.6 Å². The van der Waals surface area contributed by atoms with Crippen LogP contribution in [0.3, 0.4) is 0 Å². The van der Waals surface area contributed by atoms with Gasteiger partial charge < -0.3 is 9.64 Å². The van der Waals surface area contributed by atoms with Crippen molar-refractivity contribution < 1.29 is 13.9 Å². The Bertz CT molecular complexity index is 429. The molecule has 0 saturated carbocycles. The number of carbonyl (C=O) groups is 1. The quantitative estimate of drug-likeness (QED) is 0.784. The van der Waals surface area contributed by atoms with Crippen LogP contribution in [0.15, 0.2) is 18.2 Å². The lowest BCUT2D eigenvalue weighted by Gasteiger charge is -2.28. The minimum Gasteiger partial charge on any atom is -0.378 e. The summed E-state index contributed by atoms with van der Waals surface area (Å²) in [6, 6.07) is 3.90. The van der Waals surface area contributed by atoms with Crippen LogP contribution in [-0.2, 0) is 9.53 Å². The summed E-state index contributed by atoms with van der Waals surface area (Å²) < 4.78 is 18.4. The van der Waals surface area contributed by atoms with Crippen molar-refractivity contribution in [2.45, 2.75) is 5.38 Å². The van der Waals surface area contributed by atoms with Gasteiger partial charge in [0.2, 0.25) is 5.91 Å². The Balaban J connectivity index is 2.14. The summed E-state index contributed by atoms with van der Waals surface area (Å²) in [6.45, 7) is 2.01. The molecule has 0 aliphatic carbocycles. The minimum absolute atomic E-state index is 0.227. The van der Waals surface area contributed by atoms with Crippen LogP contribution in [0.5, 0.6) is 0 Å². The van der Waals surface area contributed by atoms with Gasteiger partial charge in [0, 0.05) is 18.1 Å². The third-order valence-electron chi connectivity index (χ3n) is 2.72. The highest BCUT2D eigenvalue weighted by Gasteiger charge is 2.25. The van der Waals surface area contributed by atoms with E-state index in [9.17, 15) is 9.18 Å². The van der Waals surface area contributed by atoms with Gasteiger partial charge >= 0.3 is 0 Å². The average molecular weight is 292 g/mol. The fraction of sp³-hybridized carbons (Fsp3) is 0.417. The number of alkyl halides is 1. The molecule has 1 aliphatic rings. The molecule has 1 amide bonds. The Kier molecular flexibility index (Phi) is 4.43. The van der Waals surface area contributed by atoms with Gasteiger partial charge in [-0.1, -0.05) is 11.6 Å². The highest BCUT2D eigenvalue weighted by molar-refractivity contribution is 6.32. The molecule has 3 nitrogen and oxygen atoms in total. The topological polar surface area (TPSA) is 29.5 Å². The smallest absolute Gasteiger partial charge is 0.245 e. The number of benzene rings is 1. The summed E-state index contributed by atoms with van der Waals surface area (Å²) in [4.78, 5) is 13.7. The largest absolute Gasteiger partial charge is 0.378 e. The van der Waals surface area contributed by atoms with Crippen molar-refractivity contribution in [2.75, 3.05) is 26.3 Å². The number of ether oxygens (including phenoxy) is 1. The summed E-state index contributed by atoms with van der Waals surface area (Å²) in [5.41, 5.74) is 0.373. The fourth-order valence-corrected chi connectivity index (χ4v) is 2.30. The number of hydrogen-bond acceptors (Lipinski definition) is 2. The first-order chi connectivity index (χ1) is 8.58. The molecule has 1 unspecified atom stereocenters. The average Bonchev–Trinajstić information content (AvgIpc) is 2.37. The van der Waals surface area contributed by atoms with Gasteiger partial charge in [0.15, 0.2) is 0 Å². The van der Waals surface area contributed by atoms with E-state index in [1.54, 1.807) is 4.90 Å². The molecule has 0 aromatic heterocycles. The summed E-state index contributed by atoms with van der Waals surface area (Å²) in [7, 11) is 0. The van der Waals surface area contributed by atoms with Gasteiger partial charge in [0.05, 0.1) is 13.2 Å². The third kappa shape index (κ3) is 3.13. The Hall–Kier alpha value is -0.840. The van der Waals surface area contributed by atoms with E-state index in [0.717, 1.165) is 0 Å². The molecule has 1 fully saturated rings. The molecule has 0 N–H and O–H groups in total. The molecule has 1 heterocycles. The number of morpholine rings is 1. The molecule has 2 rings (SSSR count). The van der Waals surface area contributed by atoms with E-state index in [4.69, 9.17) is 27.9 Å². The van der Waals surface area contributed by atoms with Gasteiger partial charge in [-0.2, -0.15) is 0 Å². The molecule has 0 spiro atoms. The first-order valence-electron chi connectivity index (χ1n) is 5.54. The van der Waals surface area contributed by atoms with E-state index in [1.807, 2.05) is 0 Å². The molecule has 18 heavy (non-hydrogen) atoms. The predicted octanol–water partition coefficient (Wildman–Crippen LogP) is 2.62. The molecule has 0 bridgehead atoms. The Morgan fingerprint density at radius 3 is 2.61 bits per heavy atom. The van der Waals surface area contributed by atoms with Crippen LogP contribution in [0.1, 0.15) is 10.9 Å². The van der Waals surface area contributed by atoms with E-state index in [-0.39, 0.29) is 10.9 Å². The SMILES string of the molecule is O=C(C(Cl)c1cc(F)cc(Cl)c1)N1CCOCC1. The van der Waals surface area contributed by atoms with Crippen molar-refractivity contribution in [3.8, 4) is 0 Å². The Labute approximate surface area is 114 Å². The Morgan fingerprint density at radius 2 is 2.00 bits per heavy atom. The molecule has 1 aliphatic heterocycles. The normalized spacial score (nSPS) is 17.6. The predicted molar refractivity (Wildman–Crippen MR) is 67.4 cm³/mol. The zero-order chi connectivity index (χ0) is 13.1. The highest BCUT2D eigenvalue weighted by atomic mass is 35.5. The second-order valence-corrected chi connectivity index (χ2v) is 4.88. The summed E-state index contributed by atoms with van der Waals surface area (Å²) in [5, 5.41) is -0.693. The number of rotatable bonds is 2. The van der Waals surface area contributed by atoms with Crippen molar-refractivity contribution >= 4 is 29.1 Å². The van der Waals surface area contributed by atoms with E-state index >= 15 is 0 Å². The minimum atomic E-state index is -0.920. The van der Waals surface area contributed by atoms with Crippen LogP contribution in [0.25, 0.3) is 0 Å². The summed E-state index contributed by atoms with van der Waals surface area (Å²) in [5.74, 6) is -0.750. The molecular formula is C12H12Cl2FNO2. The van der Waals surface area contributed by atoms with E-state index in [0.29, 0.717) is 31.9 Å². The van der Waals surface area contributed by atoms with E-state index in [1.165, 1.54) is 18.2 Å². The molecule has 0 radical (unpaired) electrons. The van der Waals surface area contributed by atoms with Crippen molar-refractivity contribution in [1.82, 2.24) is 4.90 Å². The maximum atomic E-state index is 13.2. The van der Waals surface area contributed by atoms with Gasteiger partial charge in [0.25, 0.3) is 0 Å². The zero-order valence-corrected chi connectivity index (χ0v) is 11.0. The second-order valence-electron chi connectivity index (χ2n) is 4.00. The number of amides is 1. The molecular weight excluding hydrogens is 280 g/mol. The lowest BCUT2D eigenvalue weighted by Crippen LogP contribution is -2.42. The van der Waals surface area contributed by atoms with Gasteiger partial charge in [0.1, 0.15) is 11.2 Å². The molecule has 98 valence electrons. The van der Waals surface area contributed by atoms with Crippen LogP contribution >= 0.6 is 23.2 Å². The standard InChI is InChI=1S/C12H12Cl2FNO2/c13-9-5-8(6-10(15)7-9)11(14)12(17)16-1-3-18-4-2-16/h5-7,11H,1-4H2. The molecule has 1 aromatic carbocycles. The number of halogens is 3. The van der Waals surface area contributed by atoms with Crippen LogP contribution in [-0.4, -0.2) is 37.1 Å². The van der Waals surface area contributed by atoms with Crippen LogP contribution in [0.4, 0.5) is 4.39 Å². The summed E-state index contributed by atoms with van der Waals surface area (Å²) in [6.07, 6.45) is 0. The van der Waals surface area contributed by atoms with Crippen LogP contribution < -0.4 is 0 Å². The first-order valence-corrected chi connectivity index (χ1v) is 6.36. The van der Waals surface area contributed by atoms with Gasteiger partial charge in [-0.05, 0) is 23.8 Å². The zero-order valence-electron chi connectivity index (χ0n) is 9.54. The maximum Gasteiger partial charge on any atom is 0.245 e. The van der Waals surface area contributed by atoms with Gasteiger partial charge in [-0.3, -0.25) is 4.79 Å². The number of nitrogens with zero attached hydrogens (tertiary/aromatic N) is 1. The highest BCUT2D eigenvalue weighted by Crippen LogP contribution is 2.26. The maximum absolute atomic E-state index is 13.2. The summed E-state index contributed by atoms with van der Waals surface area (Å²) >= 11 is 11.8. The number of hydrogen-bond donors (Lipinski definition) is 0. The lowest BCUT2D eigenvalue weighted by atomic mass is 10.1. The molecule has 1 saturated heterocycles. The van der Waals surface area contributed by atoms with Crippen molar-refractivity contribution in [2.24, 2.45) is 0 Å². The van der Waals surface area contributed by atoms with Gasteiger partial charge in [-0.25, -0.2) is 4.39 Å². The van der Waals surface area contributed by atoms with Crippen LogP contribution in [0, 0.1) is 5.82 Å². The van der Waals surface area contributed by atoms with Crippen molar-refractivity contribution in [3.05, 3.63) is 34.6 Å². The van der Waals surface area contributed by atoms with Crippen LogP contribution in [0.2, 0.25) is 5.02 Å². The monoisotopic (exact) mass is 291 g/mol. The van der Waals surface area contributed by atoms with E-state index < -0.39 is 11.2 Å². The molecule has 6 heteroatoms. The number of carbonyl (C=O) groups excluding carboxylic acids is 1. The third-order valence-corrected chi connectivity index (χ3v) is 3.37. The molecule has 1 atom stereocenters. The second kappa shape index (κ2) is 5.87. The first kappa shape index (κ1) is 13.6. The molecule has 1 aromatic rings. The lowest BCUT2D eigenvalue weighted by molar-refractivity contribution is -0.134. The van der Waals surface area contributed by atoms with E-state index in [2.05, 4.69) is 0 Å². The Morgan fingerprint density at radius 1 is 1.33 bits per heavy atom. The van der Waals surface area contributed by atoms with Crippen molar-refractivity contribution in [1.29, 1.82) is 0 Å².